The molecule has 0 aromatic heterocycles. The Balaban J connectivity index is 1.83. The van der Waals surface area contributed by atoms with Crippen molar-refractivity contribution in [2.45, 2.75) is 24.3 Å². The molecule has 156 valence electrons. The van der Waals surface area contributed by atoms with Crippen LogP contribution >= 0.6 is 11.6 Å². The molecule has 1 fully saturated rings. The molecule has 2 unspecified atom stereocenters. The third kappa shape index (κ3) is 4.58. The van der Waals surface area contributed by atoms with Crippen LogP contribution in [0.2, 0.25) is 5.02 Å². The van der Waals surface area contributed by atoms with Crippen LogP contribution in [0.3, 0.4) is 0 Å². The van der Waals surface area contributed by atoms with Crippen molar-refractivity contribution in [1.29, 1.82) is 0 Å². The summed E-state index contributed by atoms with van der Waals surface area (Å²) < 4.78 is 53.8. The number of piperidine rings is 1. The van der Waals surface area contributed by atoms with Gasteiger partial charge in [-0.15, -0.1) is 0 Å². The highest BCUT2D eigenvalue weighted by Crippen LogP contribution is 2.26. The highest BCUT2D eigenvalue weighted by Gasteiger charge is 2.32. The second-order valence-electron chi connectivity index (χ2n) is 6.93. The third-order valence-electron chi connectivity index (χ3n) is 4.80. The van der Waals surface area contributed by atoms with Crippen LogP contribution in [0.25, 0.3) is 0 Å². The largest absolute Gasteiger partial charge is 0.393 e. The first-order valence-corrected chi connectivity index (χ1v) is 10.7. The first-order valence-electron chi connectivity index (χ1n) is 8.84. The minimum Gasteiger partial charge on any atom is -0.393 e. The Bertz CT molecular complexity index is 1030. The number of hydrogen-bond donors (Lipinski definition) is 2. The molecule has 0 spiro atoms. The number of nitrogens with one attached hydrogen (secondary N) is 1. The summed E-state index contributed by atoms with van der Waals surface area (Å²) in [6.07, 6.45) is -0.223. The Morgan fingerprint density at radius 3 is 2.66 bits per heavy atom. The van der Waals surface area contributed by atoms with Crippen molar-refractivity contribution in [3.05, 3.63) is 58.6 Å². The van der Waals surface area contributed by atoms with E-state index in [2.05, 4.69) is 5.32 Å². The molecule has 3 rings (SSSR count). The molecule has 1 heterocycles. The molecule has 2 aromatic carbocycles. The lowest BCUT2D eigenvalue weighted by Crippen LogP contribution is -2.44. The van der Waals surface area contributed by atoms with Crippen LogP contribution in [0.15, 0.2) is 41.3 Å². The monoisotopic (exact) mass is 444 g/mol. The van der Waals surface area contributed by atoms with Crippen molar-refractivity contribution in [3.63, 3.8) is 0 Å². The maximum atomic E-state index is 13.5. The lowest BCUT2D eigenvalue weighted by Gasteiger charge is -2.33. The van der Waals surface area contributed by atoms with Crippen molar-refractivity contribution in [1.82, 2.24) is 4.31 Å². The second-order valence-corrected chi connectivity index (χ2v) is 9.28. The molecule has 1 aliphatic heterocycles. The quantitative estimate of drug-likeness (QED) is 0.709. The average molecular weight is 445 g/mol. The Kier molecular flexibility index (Phi) is 6.23. The lowest BCUT2D eigenvalue weighted by atomic mass is 9.99. The molecule has 0 aliphatic carbocycles. The predicted octanol–water partition coefficient (Wildman–Crippen LogP) is 3.26. The molecule has 0 bridgehead atoms. The van der Waals surface area contributed by atoms with Gasteiger partial charge in [0.05, 0.1) is 16.0 Å². The Morgan fingerprint density at radius 1 is 1.28 bits per heavy atom. The van der Waals surface area contributed by atoms with E-state index in [0.29, 0.717) is 6.42 Å². The van der Waals surface area contributed by atoms with E-state index in [0.717, 1.165) is 12.1 Å². The zero-order valence-corrected chi connectivity index (χ0v) is 17.0. The molecule has 0 saturated carbocycles. The fourth-order valence-corrected chi connectivity index (χ4v) is 4.90. The van der Waals surface area contributed by atoms with Gasteiger partial charge < -0.3 is 10.4 Å². The minimum absolute atomic E-state index is 0.0250. The van der Waals surface area contributed by atoms with Gasteiger partial charge >= 0.3 is 0 Å². The molecule has 1 aliphatic rings. The maximum absolute atomic E-state index is 13.5. The van der Waals surface area contributed by atoms with E-state index in [9.17, 15) is 27.1 Å². The van der Waals surface area contributed by atoms with Crippen molar-refractivity contribution in [3.8, 4) is 0 Å². The van der Waals surface area contributed by atoms with Crippen LogP contribution < -0.4 is 5.32 Å². The number of rotatable bonds is 4. The number of carbonyl (C=O) groups is 1. The van der Waals surface area contributed by atoms with Gasteiger partial charge in [0.1, 0.15) is 0 Å². The normalized spacial score (nSPS) is 20.4. The SMILES string of the molecule is CC1CN(S(=O)(=O)c2cccc(C(=O)Nc3cc(F)c(F)c(Cl)c3)c2)CCC1O. The average Bonchev–Trinajstić information content (AvgIpc) is 2.68. The van der Waals surface area contributed by atoms with Crippen molar-refractivity contribution < 1.29 is 27.1 Å². The molecule has 1 saturated heterocycles. The number of carbonyl (C=O) groups excluding carboxylic acids is 1. The van der Waals surface area contributed by atoms with Gasteiger partial charge in [-0.25, -0.2) is 17.2 Å². The zero-order valence-electron chi connectivity index (χ0n) is 15.4. The van der Waals surface area contributed by atoms with Crippen LogP contribution in [0.1, 0.15) is 23.7 Å². The number of anilines is 1. The molecule has 2 atom stereocenters. The molecular weight excluding hydrogens is 426 g/mol. The Hall–Kier alpha value is -2.07. The number of aliphatic hydroxyl groups is 1. The van der Waals surface area contributed by atoms with E-state index in [1.165, 1.54) is 28.6 Å². The van der Waals surface area contributed by atoms with E-state index in [1.807, 2.05) is 0 Å². The number of aliphatic hydroxyl groups excluding tert-OH is 1. The lowest BCUT2D eigenvalue weighted by molar-refractivity contribution is 0.0628. The third-order valence-corrected chi connectivity index (χ3v) is 6.93. The summed E-state index contributed by atoms with van der Waals surface area (Å²) in [5.74, 6) is -3.35. The number of amides is 1. The van der Waals surface area contributed by atoms with Crippen LogP contribution in [0.4, 0.5) is 14.5 Å². The summed E-state index contributed by atoms with van der Waals surface area (Å²) in [5.41, 5.74) is -0.0389. The van der Waals surface area contributed by atoms with Crippen molar-refractivity contribution in [2.24, 2.45) is 5.92 Å². The van der Waals surface area contributed by atoms with E-state index in [-0.39, 0.29) is 35.2 Å². The van der Waals surface area contributed by atoms with Gasteiger partial charge in [0.25, 0.3) is 5.91 Å². The van der Waals surface area contributed by atoms with Crippen molar-refractivity contribution in [2.75, 3.05) is 18.4 Å². The molecular formula is C19H19ClF2N2O4S. The summed E-state index contributed by atoms with van der Waals surface area (Å²) in [6.45, 7) is 2.12. The van der Waals surface area contributed by atoms with Gasteiger partial charge in [-0.3, -0.25) is 4.79 Å². The summed E-state index contributed by atoms with van der Waals surface area (Å²) >= 11 is 5.57. The van der Waals surface area contributed by atoms with Crippen LogP contribution in [0.5, 0.6) is 0 Å². The molecule has 0 radical (unpaired) electrons. The van der Waals surface area contributed by atoms with Crippen molar-refractivity contribution >= 4 is 33.2 Å². The molecule has 1 amide bonds. The van der Waals surface area contributed by atoms with Crippen LogP contribution in [0, 0.1) is 17.6 Å². The predicted molar refractivity (Wildman–Crippen MR) is 104 cm³/mol. The first-order chi connectivity index (χ1) is 13.6. The van der Waals surface area contributed by atoms with Gasteiger partial charge in [-0.1, -0.05) is 24.6 Å². The summed E-state index contributed by atoms with van der Waals surface area (Å²) in [7, 11) is -3.85. The highest BCUT2D eigenvalue weighted by atomic mass is 35.5. The van der Waals surface area contributed by atoms with Gasteiger partial charge in [-0.2, -0.15) is 4.31 Å². The smallest absolute Gasteiger partial charge is 0.255 e. The summed E-state index contributed by atoms with van der Waals surface area (Å²) in [5, 5.41) is 11.7. The Labute approximate surface area is 172 Å². The first kappa shape index (κ1) is 21.6. The number of nitrogens with zero attached hydrogens (tertiary/aromatic N) is 1. The molecule has 29 heavy (non-hydrogen) atoms. The standard InChI is InChI=1S/C19H19ClF2N2O4S/c1-11-10-24(6-5-17(11)25)29(27,28)14-4-2-3-12(7-14)19(26)23-13-8-15(20)18(22)16(21)9-13/h2-4,7-9,11,17,25H,5-6,10H2,1H3,(H,23,26). The van der Waals surface area contributed by atoms with Gasteiger partial charge in [-0.05, 0) is 36.6 Å². The fraction of sp³-hybridized carbons (Fsp3) is 0.316. The summed E-state index contributed by atoms with van der Waals surface area (Å²) in [6, 6.07) is 7.23. The molecule has 6 nitrogen and oxygen atoms in total. The molecule has 2 N–H and O–H groups in total. The fourth-order valence-electron chi connectivity index (χ4n) is 3.09. The van der Waals surface area contributed by atoms with E-state index >= 15 is 0 Å². The highest BCUT2D eigenvalue weighted by molar-refractivity contribution is 7.89. The molecule has 2 aromatic rings. The van der Waals surface area contributed by atoms with Crippen LogP contribution in [-0.2, 0) is 10.0 Å². The van der Waals surface area contributed by atoms with E-state index in [4.69, 9.17) is 11.6 Å². The van der Waals surface area contributed by atoms with Gasteiger partial charge in [0.2, 0.25) is 10.0 Å². The number of sulfonamides is 1. The number of hydrogen-bond acceptors (Lipinski definition) is 4. The summed E-state index contributed by atoms with van der Waals surface area (Å²) in [4.78, 5) is 12.4. The van der Waals surface area contributed by atoms with Crippen LogP contribution in [-0.4, -0.2) is 42.9 Å². The maximum Gasteiger partial charge on any atom is 0.255 e. The van der Waals surface area contributed by atoms with E-state index < -0.39 is 38.7 Å². The second kappa shape index (κ2) is 8.35. The Morgan fingerprint density at radius 2 is 2.00 bits per heavy atom. The van der Waals surface area contributed by atoms with Gasteiger partial charge in [0.15, 0.2) is 11.6 Å². The van der Waals surface area contributed by atoms with E-state index in [1.54, 1.807) is 6.92 Å². The number of benzene rings is 2. The molecule has 10 heteroatoms. The minimum atomic E-state index is -3.85. The zero-order chi connectivity index (χ0) is 21.3. The number of halogens is 3. The topological polar surface area (TPSA) is 86.7 Å². The van der Waals surface area contributed by atoms with Gasteiger partial charge in [0, 0.05) is 30.4 Å².